The van der Waals surface area contributed by atoms with E-state index in [9.17, 15) is 9.18 Å². The fourth-order valence-corrected chi connectivity index (χ4v) is 2.21. The summed E-state index contributed by atoms with van der Waals surface area (Å²) in [6, 6.07) is 4.64. The average Bonchev–Trinajstić information content (AvgIpc) is 3.34. The number of ether oxygens (including phenoxy) is 3. The molecular formula is C18H23FO4. The van der Waals surface area contributed by atoms with E-state index in [0.717, 1.165) is 17.7 Å². The Bertz CT molecular complexity index is 552. The molecule has 0 spiro atoms. The van der Waals surface area contributed by atoms with Crippen LogP contribution in [0.5, 0.6) is 0 Å². The van der Waals surface area contributed by atoms with Gasteiger partial charge in [-0.2, -0.15) is 0 Å². The number of hydrogen-bond donors (Lipinski definition) is 0. The lowest BCUT2D eigenvalue weighted by atomic mass is 10.0. The van der Waals surface area contributed by atoms with Gasteiger partial charge in [-0.05, 0) is 43.5 Å². The molecule has 5 heteroatoms. The van der Waals surface area contributed by atoms with Crippen molar-refractivity contribution >= 4 is 12.0 Å². The molecule has 0 saturated carbocycles. The number of allylic oxidation sites excluding steroid dienone is 1. The molecule has 0 N–H and O–H groups in total. The van der Waals surface area contributed by atoms with Gasteiger partial charge in [-0.15, -0.1) is 0 Å². The Labute approximate surface area is 136 Å². The molecule has 0 amide bonds. The topological polar surface area (TPSA) is 48.1 Å². The molecule has 0 radical (unpaired) electrons. The minimum absolute atomic E-state index is 0.149. The van der Waals surface area contributed by atoms with E-state index in [2.05, 4.69) is 0 Å². The zero-order valence-corrected chi connectivity index (χ0v) is 13.6. The van der Waals surface area contributed by atoms with Crippen molar-refractivity contribution < 1.29 is 23.4 Å². The normalized spacial score (nSPS) is 18.1. The summed E-state index contributed by atoms with van der Waals surface area (Å²) in [6.45, 7) is 5.39. The molecule has 126 valence electrons. The summed E-state index contributed by atoms with van der Waals surface area (Å²) in [5.74, 6) is -0.519. The Hall–Kier alpha value is -1.72. The first-order valence-corrected chi connectivity index (χ1v) is 7.95. The Kier molecular flexibility index (Phi) is 6.74. The SMILES string of the molecule is CCOC(=O)CCC=Cc1cc(F)ccc1[C@@H](C)OC[C@H]1CO1. The van der Waals surface area contributed by atoms with Crippen molar-refractivity contribution in [2.75, 3.05) is 19.8 Å². The lowest BCUT2D eigenvalue weighted by Gasteiger charge is -2.15. The van der Waals surface area contributed by atoms with E-state index in [1.165, 1.54) is 12.1 Å². The lowest BCUT2D eigenvalue weighted by molar-refractivity contribution is -0.142. The third-order valence-corrected chi connectivity index (χ3v) is 3.54. The number of esters is 1. The van der Waals surface area contributed by atoms with Gasteiger partial charge in [0.25, 0.3) is 0 Å². The average molecular weight is 322 g/mol. The molecule has 0 unspecified atom stereocenters. The molecule has 1 aromatic carbocycles. The van der Waals surface area contributed by atoms with Crippen LogP contribution in [0.25, 0.3) is 6.08 Å². The van der Waals surface area contributed by atoms with E-state index in [0.29, 0.717) is 26.1 Å². The van der Waals surface area contributed by atoms with Crippen molar-refractivity contribution in [3.8, 4) is 0 Å². The van der Waals surface area contributed by atoms with Crippen LogP contribution in [0.3, 0.4) is 0 Å². The first kappa shape index (κ1) is 17.6. The zero-order chi connectivity index (χ0) is 16.7. The predicted molar refractivity (Wildman–Crippen MR) is 85.4 cm³/mol. The van der Waals surface area contributed by atoms with Gasteiger partial charge < -0.3 is 14.2 Å². The van der Waals surface area contributed by atoms with Gasteiger partial charge in [0, 0.05) is 6.42 Å². The second-order valence-electron chi connectivity index (χ2n) is 5.45. The first-order chi connectivity index (χ1) is 11.1. The molecule has 1 aromatic rings. The highest BCUT2D eigenvalue weighted by atomic mass is 19.1. The van der Waals surface area contributed by atoms with E-state index < -0.39 is 0 Å². The first-order valence-electron chi connectivity index (χ1n) is 7.95. The summed E-state index contributed by atoms with van der Waals surface area (Å²) in [4.78, 5) is 11.3. The Morgan fingerprint density at radius 1 is 1.52 bits per heavy atom. The maximum absolute atomic E-state index is 13.5. The fraction of sp³-hybridized carbons (Fsp3) is 0.500. The Morgan fingerprint density at radius 3 is 3.00 bits per heavy atom. The molecule has 0 aromatic heterocycles. The van der Waals surface area contributed by atoms with Gasteiger partial charge in [-0.1, -0.05) is 18.2 Å². The molecule has 1 fully saturated rings. The van der Waals surface area contributed by atoms with Crippen LogP contribution in [0.15, 0.2) is 24.3 Å². The maximum atomic E-state index is 13.5. The second kappa shape index (κ2) is 8.79. The van der Waals surface area contributed by atoms with E-state index >= 15 is 0 Å². The van der Waals surface area contributed by atoms with Crippen LogP contribution in [0.1, 0.15) is 43.9 Å². The van der Waals surface area contributed by atoms with Gasteiger partial charge in [0.05, 0.1) is 25.9 Å². The Balaban J connectivity index is 1.95. The van der Waals surface area contributed by atoms with Crippen molar-refractivity contribution in [2.45, 2.75) is 38.9 Å². The number of carbonyl (C=O) groups is 1. The molecule has 23 heavy (non-hydrogen) atoms. The van der Waals surface area contributed by atoms with Crippen molar-refractivity contribution in [2.24, 2.45) is 0 Å². The largest absolute Gasteiger partial charge is 0.466 e. The molecule has 1 heterocycles. The highest BCUT2D eigenvalue weighted by Crippen LogP contribution is 2.25. The number of rotatable bonds is 9. The summed E-state index contributed by atoms with van der Waals surface area (Å²) in [5, 5.41) is 0. The van der Waals surface area contributed by atoms with Crippen molar-refractivity contribution in [1.82, 2.24) is 0 Å². The van der Waals surface area contributed by atoms with Gasteiger partial charge in [0.15, 0.2) is 0 Å². The van der Waals surface area contributed by atoms with E-state index in [-0.39, 0.29) is 24.0 Å². The van der Waals surface area contributed by atoms with Gasteiger partial charge >= 0.3 is 5.97 Å². The number of carbonyl (C=O) groups excluding carboxylic acids is 1. The van der Waals surface area contributed by atoms with Crippen LogP contribution in [-0.4, -0.2) is 31.9 Å². The molecule has 1 saturated heterocycles. The third kappa shape index (κ3) is 6.12. The van der Waals surface area contributed by atoms with E-state index in [4.69, 9.17) is 14.2 Å². The van der Waals surface area contributed by atoms with Crippen LogP contribution in [-0.2, 0) is 19.0 Å². The van der Waals surface area contributed by atoms with Crippen molar-refractivity contribution in [1.29, 1.82) is 0 Å². The molecule has 1 aliphatic rings. The van der Waals surface area contributed by atoms with Gasteiger partial charge in [0.2, 0.25) is 0 Å². The zero-order valence-electron chi connectivity index (χ0n) is 13.6. The highest BCUT2D eigenvalue weighted by Gasteiger charge is 2.24. The number of epoxide rings is 1. The summed E-state index contributed by atoms with van der Waals surface area (Å²) in [7, 11) is 0. The number of hydrogen-bond acceptors (Lipinski definition) is 4. The van der Waals surface area contributed by atoms with E-state index in [1.807, 2.05) is 19.1 Å². The summed E-state index contributed by atoms with van der Waals surface area (Å²) >= 11 is 0. The fourth-order valence-electron chi connectivity index (χ4n) is 2.21. The summed E-state index contributed by atoms with van der Waals surface area (Å²) in [6.07, 6.45) is 4.60. The number of benzene rings is 1. The standard InChI is InChI=1S/C18H23FO4/c1-3-21-18(20)7-5-4-6-14-10-15(19)8-9-17(14)13(2)22-11-16-12-23-16/h4,6,8-10,13,16H,3,5,7,11-12H2,1-2H3/t13-,16+/m1/s1. The van der Waals surface area contributed by atoms with Gasteiger partial charge in [-0.25, -0.2) is 4.39 Å². The molecule has 0 aliphatic carbocycles. The quantitative estimate of drug-likeness (QED) is 0.514. The molecule has 4 nitrogen and oxygen atoms in total. The van der Waals surface area contributed by atoms with Crippen LogP contribution < -0.4 is 0 Å². The maximum Gasteiger partial charge on any atom is 0.306 e. The molecule has 0 bridgehead atoms. The van der Waals surface area contributed by atoms with Crippen LogP contribution in [0, 0.1) is 5.82 Å². The summed E-state index contributed by atoms with van der Waals surface area (Å²) in [5.41, 5.74) is 1.68. The molecule has 2 atom stereocenters. The van der Waals surface area contributed by atoms with Crippen molar-refractivity contribution in [3.05, 3.63) is 41.2 Å². The van der Waals surface area contributed by atoms with Crippen molar-refractivity contribution in [3.63, 3.8) is 0 Å². The minimum atomic E-state index is -0.295. The minimum Gasteiger partial charge on any atom is -0.466 e. The Morgan fingerprint density at radius 2 is 2.30 bits per heavy atom. The van der Waals surface area contributed by atoms with Gasteiger partial charge in [-0.3, -0.25) is 4.79 Å². The highest BCUT2D eigenvalue weighted by molar-refractivity contribution is 5.69. The van der Waals surface area contributed by atoms with E-state index in [1.54, 1.807) is 13.0 Å². The monoisotopic (exact) mass is 322 g/mol. The molecule has 1 aliphatic heterocycles. The predicted octanol–water partition coefficient (Wildman–Crippen LogP) is 3.66. The summed E-state index contributed by atoms with van der Waals surface area (Å²) < 4.78 is 29.3. The smallest absolute Gasteiger partial charge is 0.306 e. The molecular weight excluding hydrogens is 299 g/mol. The van der Waals surface area contributed by atoms with Crippen LogP contribution in [0.2, 0.25) is 0 Å². The van der Waals surface area contributed by atoms with Gasteiger partial charge in [0.1, 0.15) is 11.9 Å². The third-order valence-electron chi connectivity index (χ3n) is 3.54. The second-order valence-corrected chi connectivity index (χ2v) is 5.45. The number of halogens is 1. The lowest BCUT2D eigenvalue weighted by Crippen LogP contribution is -2.07. The van der Waals surface area contributed by atoms with Crippen LogP contribution in [0.4, 0.5) is 4.39 Å². The molecule has 2 rings (SSSR count). The van der Waals surface area contributed by atoms with Crippen LogP contribution >= 0.6 is 0 Å².